The van der Waals surface area contributed by atoms with Gasteiger partial charge < -0.3 is 24.8 Å². The van der Waals surface area contributed by atoms with Gasteiger partial charge in [-0.25, -0.2) is 9.59 Å². The van der Waals surface area contributed by atoms with Crippen LogP contribution in [-0.4, -0.2) is 44.3 Å². The normalized spacial score (nSPS) is 11.1. The van der Waals surface area contributed by atoms with Gasteiger partial charge in [0.1, 0.15) is 10.6 Å². The molecular formula is C29H43N3O6S. The van der Waals surface area contributed by atoms with Crippen LogP contribution in [0.1, 0.15) is 97.4 Å². The lowest BCUT2D eigenvalue weighted by atomic mass is 10.1. The Morgan fingerprint density at radius 1 is 0.923 bits per heavy atom. The SMILES string of the molecule is CCCCCCCCNC(=O)Nc1sc(C(=O)NCc2ccc(OC)c(OC)c2)c(C)c1C(=O)OC(C)(C)C. The van der Waals surface area contributed by atoms with Gasteiger partial charge in [-0.15, -0.1) is 11.3 Å². The number of ether oxygens (including phenoxy) is 3. The zero-order chi connectivity index (χ0) is 29.0. The Bertz CT molecular complexity index is 1120. The molecule has 0 saturated heterocycles. The number of rotatable bonds is 14. The number of hydrogen-bond acceptors (Lipinski definition) is 7. The average Bonchev–Trinajstić information content (AvgIpc) is 3.20. The van der Waals surface area contributed by atoms with Gasteiger partial charge in [0.2, 0.25) is 0 Å². The third-order valence-corrected chi connectivity index (χ3v) is 7.11. The van der Waals surface area contributed by atoms with E-state index in [0.29, 0.717) is 28.5 Å². The zero-order valence-corrected chi connectivity index (χ0v) is 25.1. The Labute approximate surface area is 236 Å². The van der Waals surface area contributed by atoms with Crippen molar-refractivity contribution in [1.29, 1.82) is 0 Å². The van der Waals surface area contributed by atoms with Crippen molar-refractivity contribution in [3.05, 3.63) is 39.8 Å². The monoisotopic (exact) mass is 561 g/mol. The van der Waals surface area contributed by atoms with Crippen LogP contribution >= 0.6 is 11.3 Å². The molecule has 0 aliphatic heterocycles. The highest BCUT2D eigenvalue weighted by Crippen LogP contribution is 2.35. The topological polar surface area (TPSA) is 115 Å². The van der Waals surface area contributed by atoms with E-state index < -0.39 is 17.6 Å². The van der Waals surface area contributed by atoms with Crippen LogP contribution in [0.15, 0.2) is 18.2 Å². The summed E-state index contributed by atoms with van der Waals surface area (Å²) >= 11 is 1.05. The molecule has 0 aliphatic carbocycles. The van der Waals surface area contributed by atoms with E-state index in [9.17, 15) is 14.4 Å². The number of amides is 3. The second-order valence-corrected chi connectivity index (χ2v) is 11.3. The van der Waals surface area contributed by atoms with Crippen LogP contribution in [0.5, 0.6) is 11.5 Å². The van der Waals surface area contributed by atoms with Crippen molar-refractivity contribution in [3.8, 4) is 11.5 Å². The number of carbonyl (C=O) groups excluding carboxylic acids is 3. The van der Waals surface area contributed by atoms with Crippen molar-refractivity contribution in [2.24, 2.45) is 0 Å². The predicted octanol–water partition coefficient (Wildman–Crippen LogP) is 6.44. The molecule has 216 valence electrons. The summed E-state index contributed by atoms with van der Waals surface area (Å²) in [7, 11) is 3.10. The van der Waals surface area contributed by atoms with E-state index in [-0.39, 0.29) is 23.0 Å². The fourth-order valence-electron chi connectivity index (χ4n) is 3.90. The molecule has 0 bridgehead atoms. The van der Waals surface area contributed by atoms with E-state index in [0.717, 1.165) is 36.2 Å². The van der Waals surface area contributed by atoms with Crippen molar-refractivity contribution in [3.63, 3.8) is 0 Å². The third-order valence-electron chi connectivity index (χ3n) is 5.90. The largest absolute Gasteiger partial charge is 0.493 e. The minimum atomic E-state index is -0.737. The summed E-state index contributed by atoms with van der Waals surface area (Å²) in [4.78, 5) is 39.2. The molecule has 39 heavy (non-hydrogen) atoms. The molecule has 3 amide bonds. The van der Waals surface area contributed by atoms with Gasteiger partial charge in [-0.3, -0.25) is 10.1 Å². The van der Waals surface area contributed by atoms with E-state index in [2.05, 4.69) is 22.9 Å². The zero-order valence-electron chi connectivity index (χ0n) is 24.2. The molecule has 0 spiro atoms. The Morgan fingerprint density at radius 3 is 2.23 bits per heavy atom. The molecule has 1 aromatic heterocycles. The lowest BCUT2D eigenvalue weighted by molar-refractivity contribution is 0.00705. The molecule has 1 heterocycles. The highest BCUT2D eigenvalue weighted by molar-refractivity contribution is 7.18. The number of hydrogen-bond donors (Lipinski definition) is 3. The number of esters is 1. The molecule has 0 unspecified atom stereocenters. The minimum Gasteiger partial charge on any atom is -0.493 e. The molecule has 0 radical (unpaired) electrons. The molecule has 2 aromatic rings. The second-order valence-electron chi connectivity index (χ2n) is 10.3. The molecular weight excluding hydrogens is 518 g/mol. The molecule has 2 rings (SSSR count). The van der Waals surface area contributed by atoms with Gasteiger partial charge in [0.15, 0.2) is 11.5 Å². The van der Waals surface area contributed by atoms with Gasteiger partial charge in [0.25, 0.3) is 5.91 Å². The Hall–Kier alpha value is -3.27. The number of thiophene rings is 1. The standard InChI is InChI=1S/C29H43N3O6S/c1-8-9-10-11-12-13-16-30-28(35)32-26-23(27(34)38-29(3,4)5)19(2)24(39-26)25(33)31-18-20-14-15-21(36-6)22(17-20)37-7/h14-15,17H,8-13,16,18H2,1-7H3,(H,31,33)(H2,30,32,35). The number of anilines is 1. The predicted molar refractivity (Wildman–Crippen MR) is 155 cm³/mol. The highest BCUT2D eigenvalue weighted by atomic mass is 32.1. The highest BCUT2D eigenvalue weighted by Gasteiger charge is 2.29. The molecule has 10 heteroatoms. The van der Waals surface area contributed by atoms with Crippen molar-refractivity contribution in [1.82, 2.24) is 10.6 Å². The Morgan fingerprint density at radius 2 is 1.59 bits per heavy atom. The van der Waals surface area contributed by atoms with Gasteiger partial charge in [0.05, 0.1) is 24.7 Å². The van der Waals surface area contributed by atoms with E-state index >= 15 is 0 Å². The first-order chi connectivity index (χ1) is 18.5. The Kier molecular flexibility index (Phi) is 12.6. The molecule has 0 aliphatic rings. The summed E-state index contributed by atoms with van der Waals surface area (Å²) in [5.41, 5.74) is 0.708. The maximum Gasteiger partial charge on any atom is 0.341 e. The summed E-state index contributed by atoms with van der Waals surface area (Å²) in [5.74, 6) is 0.190. The quantitative estimate of drug-likeness (QED) is 0.181. The number of methoxy groups -OCH3 is 2. The summed E-state index contributed by atoms with van der Waals surface area (Å²) in [6.07, 6.45) is 6.69. The Balaban J connectivity index is 2.15. The van der Waals surface area contributed by atoms with Crippen LogP contribution < -0.4 is 25.4 Å². The average molecular weight is 562 g/mol. The van der Waals surface area contributed by atoms with Crippen molar-refractivity contribution < 1.29 is 28.6 Å². The molecule has 3 N–H and O–H groups in total. The van der Waals surface area contributed by atoms with Crippen molar-refractivity contribution in [2.75, 3.05) is 26.1 Å². The first-order valence-corrected chi connectivity index (χ1v) is 14.2. The van der Waals surface area contributed by atoms with Crippen LogP contribution in [0.4, 0.5) is 9.80 Å². The lowest BCUT2D eigenvalue weighted by Gasteiger charge is -2.20. The van der Waals surface area contributed by atoms with E-state index in [1.54, 1.807) is 54.0 Å². The van der Waals surface area contributed by atoms with E-state index in [1.807, 2.05) is 6.07 Å². The van der Waals surface area contributed by atoms with Crippen LogP contribution in [0.2, 0.25) is 0 Å². The molecule has 1 aromatic carbocycles. The molecule has 0 atom stereocenters. The maximum atomic E-state index is 13.2. The number of unbranched alkanes of at least 4 members (excludes halogenated alkanes) is 5. The fraction of sp³-hybridized carbons (Fsp3) is 0.552. The summed E-state index contributed by atoms with van der Waals surface area (Å²) < 4.78 is 16.2. The minimum absolute atomic E-state index is 0.181. The third kappa shape index (κ3) is 10.1. The van der Waals surface area contributed by atoms with Crippen LogP contribution in [0.25, 0.3) is 0 Å². The molecule has 9 nitrogen and oxygen atoms in total. The number of benzene rings is 1. The number of nitrogens with one attached hydrogen (secondary N) is 3. The maximum absolute atomic E-state index is 13.2. The van der Waals surface area contributed by atoms with Gasteiger partial charge in [-0.1, -0.05) is 45.1 Å². The van der Waals surface area contributed by atoms with Crippen molar-refractivity contribution in [2.45, 2.75) is 85.3 Å². The molecule has 0 fully saturated rings. The van der Waals surface area contributed by atoms with Crippen molar-refractivity contribution >= 4 is 34.2 Å². The van der Waals surface area contributed by atoms with Crippen LogP contribution in [0.3, 0.4) is 0 Å². The fourth-order valence-corrected chi connectivity index (χ4v) is 5.01. The number of carbonyl (C=O) groups is 3. The number of urea groups is 1. The van der Waals surface area contributed by atoms with Crippen LogP contribution in [0, 0.1) is 6.92 Å². The van der Waals surface area contributed by atoms with Gasteiger partial charge in [-0.05, 0) is 57.4 Å². The van der Waals surface area contributed by atoms with Gasteiger partial charge >= 0.3 is 12.0 Å². The van der Waals surface area contributed by atoms with Gasteiger partial charge in [0, 0.05) is 13.1 Å². The summed E-state index contributed by atoms with van der Waals surface area (Å²) in [6, 6.07) is 4.96. The summed E-state index contributed by atoms with van der Waals surface area (Å²) in [5, 5.41) is 8.77. The van der Waals surface area contributed by atoms with E-state index in [1.165, 1.54) is 19.3 Å². The smallest absolute Gasteiger partial charge is 0.341 e. The first kappa shape index (κ1) is 31.9. The lowest BCUT2D eigenvalue weighted by Crippen LogP contribution is -2.30. The van der Waals surface area contributed by atoms with Crippen LogP contribution in [-0.2, 0) is 11.3 Å². The second kappa shape index (κ2) is 15.4. The first-order valence-electron chi connectivity index (χ1n) is 13.4. The van der Waals surface area contributed by atoms with E-state index in [4.69, 9.17) is 14.2 Å². The summed E-state index contributed by atoms with van der Waals surface area (Å²) in [6.45, 7) is 9.93. The molecule has 0 saturated carbocycles. The van der Waals surface area contributed by atoms with Gasteiger partial charge in [-0.2, -0.15) is 0 Å².